The maximum absolute atomic E-state index is 12.5. The molecule has 0 unspecified atom stereocenters. The van der Waals surface area contributed by atoms with E-state index in [2.05, 4.69) is 21.2 Å². The average Bonchev–Trinajstić information content (AvgIpc) is 3.11. The summed E-state index contributed by atoms with van der Waals surface area (Å²) in [4.78, 5) is 27.0. The maximum Gasteiger partial charge on any atom is 0.227 e. The lowest BCUT2D eigenvalue weighted by molar-refractivity contribution is -0.136. The van der Waals surface area contributed by atoms with Crippen molar-refractivity contribution in [2.24, 2.45) is 11.8 Å². The highest BCUT2D eigenvalue weighted by Gasteiger charge is 2.33. The lowest BCUT2D eigenvalue weighted by atomic mass is 9.81. The van der Waals surface area contributed by atoms with Crippen molar-refractivity contribution in [3.63, 3.8) is 0 Å². The number of rotatable bonds is 3. The van der Waals surface area contributed by atoms with Crippen LogP contribution in [-0.2, 0) is 9.59 Å². The van der Waals surface area contributed by atoms with E-state index < -0.39 is 0 Å². The third-order valence-corrected chi connectivity index (χ3v) is 5.90. The Morgan fingerprint density at radius 2 is 1.71 bits per heavy atom. The van der Waals surface area contributed by atoms with E-state index in [0.717, 1.165) is 67.3 Å². The van der Waals surface area contributed by atoms with Gasteiger partial charge in [-0.3, -0.25) is 9.59 Å². The summed E-state index contributed by atoms with van der Waals surface area (Å²) in [5.74, 6) is 0.526. The number of aryl methyl sites for hydroxylation is 1. The van der Waals surface area contributed by atoms with E-state index in [1.165, 1.54) is 0 Å². The van der Waals surface area contributed by atoms with Gasteiger partial charge in [0.15, 0.2) is 0 Å². The fraction of sp³-hybridized carbons (Fsp3) is 0.579. The molecule has 2 amide bonds. The van der Waals surface area contributed by atoms with Crippen molar-refractivity contribution in [3.05, 3.63) is 28.2 Å². The van der Waals surface area contributed by atoms with E-state index in [1.54, 1.807) is 0 Å². The standard InChI is InChI=1S/C19H25BrN2O2/c1-13-4-9-17(16(20)12-13)21-18(23)14-5-7-15(8-6-14)19(24)22-10-2-3-11-22/h4,9,12,14-15H,2-3,5-8,10-11H2,1H3,(H,21,23). The smallest absolute Gasteiger partial charge is 0.227 e. The minimum atomic E-state index is 0.0147. The minimum absolute atomic E-state index is 0.0147. The second-order valence-electron chi connectivity index (χ2n) is 7.05. The van der Waals surface area contributed by atoms with Gasteiger partial charge in [-0.05, 0) is 79.1 Å². The van der Waals surface area contributed by atoms with Crippen LogP contribution in [0.4, 0.5) is 5.69 Å². The number of amides is 2. The topological polar surface area (TPSA) is 49.4 Å². The van der Waals surface area contributed by atoms with E-state index in [9.17, 15) is 9.59 Å². The van der Waals surface area contributed by atoms with E-state index in [4.69, 9.17) is 0 Å². The van der Waals surface area contributed by atoms with Crippen LogP contribution in [-0.4, -0.2) is 29.8 Å². The summed E-state index contributed by atoms with van der Waals surface area (Å²) in [6.45, 7) is 3.86. The Hall–Kier alpha value is -1.36. The summed E-state index contributed by atoms with van der Waals surface area (Å²) in [5.41, 5.74) is 1.97. The molecule has 0 bridgehead atoms. The predicted octanol–water partition coefficient (Wildman–Crippen LogP) is 4.12. The zero-order valence-electron chi connectivity index (χ0n) is 14.2. The van der Waals surface area contributed by atoms with Crippen LogP contribution in [0.15, 0.2) is 22.7 Å². The van der Waals surface area contributed by atoms with Crippen LogP contribution in [0.3, 0.4) is 0 Å². The van der Waals surface area contributed by atoms with Gasteiger partial charge in [0.05, 0.1) is 5.69 Å². The highest BCUT2D eigenvalue weighted by molar-refractivity contribution is 9.10. The van der Waals surface area contributed by atoms with E-state index >= 15 is 0 Å². The van der Waals surface area contributed by atoms with Gasteiger partial charge < -0.3 is 10.2 Å². The number of carbonyl (C=O) groups is 2. The second-order valence-corrected chi connectivity index (χ2v) is 7.91. The second kappa shape index (κ2) is 7.68. The molecule has 0 atom stereocenters. The van der Waals surface area contributed by atoms with E-state index in [-0.39, 0.29) is 17.7 Å². The number of nitrogens with zero attached hydrogens (tertiary/aromatic N) is 1. The summed E-state index contributed by atoms with van der Waals surface area (Å²) in [6, 6.07) is 5.92. The Morgan fingerprint density at radius 1 is 1.08 bits per heavy atom. The molecule has 2 fully saturated rings. The SMILES string of the molecule is Cc1ccc(NC(=O)C2CCC(C(=O)N3CCCC3)CC2)c(Br)c1. The number of hydrogen-bond acceptors (Lipinski definition) is 2. The molecule has 0 radical (unpaired) electrons. The number of anilines is 1. The Kier molecular flexibility index (Phi) is 5.59. The number of benzene rings is 1. The highest BCUT2D eigenvalue weighted by Crippen LogP contribution is 2.32. The molecular formula is C19H25BrN2O2. The zero-order valence-corrected chi connectivity index (χ0v) is 15.8. The maximum atomic E-state index is 12.5. The summed E-state index contributed by atoms with van der Waals surface area (Å²) in [7, 11) is 0. The van der Waals surface area contributed by atoms with Crippen LogP contribution in [0.1, 0.15) is 44.1 Å². The van der Waals surface area contributed by atoms with Gasteiger partial charge in [0.25, 0.3) is 0 Å². The van der Waals surface area contributed by atoms with Gasteiger partial charge in [-0.2, -0.15) is 0 Å². The van der Waals surface area contributed by atoms with Crippen molar-refractivity contribution in [2.75, 3.05) is 18.4 Å². The van der Waals surface area contributed by atoms with E-state index in [1.807, 2.05) is 30.0 Å². The lowest BCUT2D eigenvalue weighted by Crippen LogP contribution is -2.37. The predicted molar refractivity (Wildman–Crippen MR) is 98.8 cm³/mol. The molecular weight excluding hydrogens is 368 g/mol. The molecule has 1 aromatic carbocycles. The first-order valence-corrected chi connectivity index (χ1v) is 9.69. The summed E-state index contributed by atoms with van der Waals surface area (Å²) in [6.07, 6.45) is 5.55. The molecule has 5 heteroatoms. The van der Waals surface area contributed by atoms with Crippen LogP contribution in [0.25, 0.3) is 0 Å². The molecule has 1 aliphatic carbocycles. The van der Waals surface area contributed by atoms with Crippen molar-refractivity contribution in [2.45, 2.75) is 45.4 Å². The van der Waals surface area contributed by atoms with Crippen molar-refractivity contribution >= 4 is 33.4 Å². The Morgan fingerprint density at radius 3 is 2.33 bits per heavy atom. The number of halogens is 1. The molecule has 24 heavy (non-hydrogen) atoms. The first kappa shape index (κ1) is 17.5. The van der Waals surface area contributed by atoms with Crippen LogP contribution in [0.2, 0.25) is 0 Å². The summed E-state index contributed by atoms with van der Waals surface area (Å²) < 4.78 is 0.911. The molecule has 0 aromatic heterocycles. The number of hydrogen-bond donors (Lipinski definition) is 1. The summed E-state index contributed by atoms with van der Waals surface area (Å²) >= 11 is 3.50. The van der Waals surface area contributed by atoms with Crippen LogP contribution >= 0.6 is 15.9 Å². The molecule has 0 spiro atoms. The monoisotopic (exact) mass is 392 g/mol. The van der Waals surface area contributed by atoms with Gasteiger partial charge in [-0.25, -0.2) is 0 Å². The first-order chi connectivity index (χ1) is 11.5. The third-order valence-electron chi connectivity index (χ3n) is 5.25. The van der Waals surface area contributed by atoms with Crippen molar-refractivity contribution in [1.29, 1.82) is 0 Å². The van der Waals surface area contributed by atoms with E-state index in [0.29, 0.717) is 5.91 Å². The largest absolute Gasteiger partial charge is 0.342 e. The molecule has 1 saturated heterocycles. The minimum Gasteiger partial charge on any atom is -0.342 e. The Balaban J connectivity index is 1.52. The molecule has 1 N–H and O–H groups in total. The fourth-order valence-electron chi connectivity index (χ4n) is 3.75. The van der Waals surface area contributed by atoms with Crippen LogP contribution in [0.5, 0.6) is 0 Å². The molecule has 2 aliphatic rings. The van der Waals surface area contributed by atoms with Crippen LogP contribution < -0.4 is 5.32 Å². The van der Waals surface area contributed by atoms with Gasteiger partial charge in [-0.1, -0.05) is 6.07 Å². The van der Waals surface area contributed by atoms with Gasteiger partial charge in [0.2, 0.25) is 11.8 Å². The highest BCUT2D eigenvalue weighted by atomic mass is 79.9. The summed E-state index contributed by atoms with van der Waals surface area (Å²) in [5, 5.41) is 3.03. The molecule has 1 aromatic rings. The van der Waals surface area contributed by atoms with Crippen molar-refractivity contribution in [3.8, 4) is 0 Å². The first-order valence-electron chi connectivity index (χ1n) is 8.90. The molecule has 3 rings (SSSR count). The lowest BCUT2D eigenvalue weighted by Gasteiger charge is -2.30. The van der Waals surface area contributed by atoms with Crippen molar-refractivity contribution in [1.82, 2.24) is 4.90 Å². The third kappa shape index (κ3) is 4.00. The quantitative estimate of drug-likeness (QED) is 0.840. The Bertz CT molecular complexity index is 618. The fourth-order valence-corrected chi connectivity index (χ4v) is 4.35. The molecule has 1 saturated carbocycles. The van der Waals surface area contributed by atoms with Gasteiger partial charge in [-0.15, -0.1) is 0 Å². The van der Waals surface area contributed by atoms with Crippen molar-refractivity contribution < 1.29 is 9.59 Å². The molecule has 4 nitrogen and oxygen atoms in total. The van der Waals surface area contributed by atoms with Gasteiger partial charge in [0.1, 0.15) is 0 Å². The molecule has 1 aliphatic heterocycles. The zero-order chi connectivity index (χ0) is 17.1. The Labute approximate surface area is 152 Å². The molecule has 1 heterocycles. The van der Waals surface area contributed by atoms with Gasteiger partial charge in [0, 0.05) is 29.4 Å². The average molecular weight is 393 g/mol. The normalized spacial score (nSPS) is 24.0. The number of carbonyl (C=O) groups excluding carboxylic acids is 2. The van der Waals surface area contributed by atoms with Crippen LogP contribution in [0, 0.1) is 18.8 Å². The number of likely N-dealkylation sites (tertiary alicyclic amines) is 1. The number of nitrogens with one attached hydrogen (secondary N) is 1. The van der Waals surface area contributed by atoms with Gasteiger partial charge >= 0.3 is 0 Å². The molecule has 130 valence electrons.